The van der Waals surface area contributed by atoms with E-state index in [9.17, 15) is 2.74 Å². The zero-order valence-electron chi connectivity index (χ0n) is 65.1. The van der Waals surface area contributed by atoms with Gasteiger partial charge in [-0.3, -0.25) is 0 Å². The van der Waals surface area contributed by atoms with Gasteiger partial charge in [-0.15, -0.1) is 0 Å². The summed E-state index contributed by atoms with van der Waals surface area (Å²) in [5.41, 5.74) is 26.1. The van der Waals surface area contributed by atoms with Crippen LogP contribution < -0.4 is 9.80 Å². The normalized spacial score (nSPS) is 20.0. The van der Waals surface area contributed by atoms with Crippen molar-refractivity contribution in [1.82, 2.24) is 4.40 Å². The van der Waals surface area contributed by atoms with Crippen molar-refractivity contribution in [3.63, 3.8) is 0 Å². The summed E-state index contributed by atoms with van der Waals surface area (Å²) in [6.07, 6.45) is 8.98. The predicted octanol–water partition coefficient (Wildman–Crippen LogP) is 26.5. The molecule has 13 aromatic rings. The first-order valence-electron chi connectivity index (χ1n) is 38.2. The van der Waals surface area contributed by atoms with Crippen molar-refractivity contribution in [2.45, 2.75) is 219 Å². The molecule has 4 aliphatic rings. The van der Waals surface area contributed by atoms with Gasteiger partial charge in [-0.2, -0.15) is 0 Å². The maximum Gasteiger partial charge on any atom is 0.137 e. The van der Waals surface area contributed by atoms with E-state index in [4.69, 9.17) is 8.53 Å². The second-order valence-corrected chi connectivity index (χ2v) is 35.3. The molecule has 0 amide bonds. The fourth-order valence-corrected chi connectivity index (χ4v) is 18.6. The molecule has 0 bridgehead atoms. The fourth-order valence-electron chi connectivity index (χ4n) is 18.6. The van der Waals surface area contributed by atoms with Crippen LogP contribution in [0, 0.1) is 13.8 Å². The lowest BCUT2D eigenvalue weighted by atomic mass is 9.62. The molecular formula is C92H97N3O. The molecule has 0 saturated heterocycles. The van der Waals surface area contributed by atoms with Crippen molar-refractivity contribution < 1.29 is 11.3 Å². The van der Waals surface area contributed by atoms with E-state index in [0.29, 0.717) is 5.56 Å². The first kappa shape index (κ1) is 55.8. The molecular weight excluding hydrogens is 1160 g/mol. The van der Waals surface area contributed by atoms with Gasteiger partial charge in [0.15, 0.2) is 0 Å². The van der Waals surface area contributed by atoms with Crippen LogP contribution >= 0.6 is 0 Å². The summed E-state index contributed by atoms with van der Waals surface area (Å²) in [5, 5.41) is 8.53. The third kappa shape index (κ3) is 9.04. The lowest BCUT2D eigenvalue weighted by Gasteiger charge is -2.44. The summed E-state index contributed by atoms with van der Waals surface area (Å²) < 4.78 is 54.5. The maximum atomic E-state index is 9.31. The van der Waals surface area contributed by atoms with Gasteiger partial charge in [-0.05, 0) is 277 Å². The van der Waals surface area contributed by atoms with E-state index in [1.807, 2.05) is 6.07 Å². The standard InChI is InChI=1S/C92H97N3O/c1-54-42-70-74(91(15,16)40-38-87(70,7)8)52-78(54)93(60-26-30-68-72(49-60)89(11,12)36-34-85(68,3)4)62-25-28-63-66-46-58-45-65-64-29-33-77(83-67-44-57(56-22-20-19-21-23-56)24-32-76(67)95(84(64)83)80(65)47-59(58)48-81(66)96-82(63)51-62)94(61-27-31-69-73(50-61)90(13,14)37-35-86(69,5)6)79-53-75-71(43-55(79)2)88(9,10)39-41-92(75,17)18/h19-33,42-53H,34-41H2,1-18H3/i19D,20D,21D,22D,23D. The van der Waals surface area contributed by atoms with Gasteiger partial charge in [0.05, 0.1) is 29.1 Å². The average molecular weight is 1270 g/mol. The Morgan fingerprint density at radius 2 is 0.771 bits per heavy atom. The van der Waals surface area contributed by atoms with Gasteiger partial charge in [0, 0.05) is 66.8 Å². The minimum Gasteiger partial charge on any atom is -0.456 e. The minimum absolute atomic E-state index is 0.00759. The van der Waals surface area contributed by atoms with Crippen LogP contribution in [-0.2, 0) is 43.3 Å². The predicted molar refractivity (Wildman–Crippen MR) is 411 cm³/mol. The van der Waals surface area contributed by atoms with Crippen molar-refractivity contribution in [1.29, 1.82) is 0 Å². The topological polar surface area (TPSA) is 24.0 Å². The lowest BCUT2D eigenvalue weighted by Crippen LogP contribution is -2.34. The molecule has 3 aromatic heterocycles. The monoisotopic (exact) mass is 1260 g/mol. The lowest BCUT2D eigenvalue weighted by molar-refractivity contribution is 0.331. The van der Waals surface area contributed by atoms with Crippen molar-refractivity contribution >= 4 is 105 Å². The van der Waals surface area contributed by atoms with Gasteiger partial charge in [0.2, 0.25) is 0 Å². The van der Waals surface area contributed by atoms with E-state index in [-0.39, 0.29) is 73.1 Å². The number of aryl methyl sites for hydroxylation is 2. The van der Waals surface area contributed by atoms with Gasteiger partial charge < -0.3 is 18.6 Å². The minimum atomic E-state index is -0.402. The van der Waals surface area contributed by atoms with Crippen LogP contribution in [0.25, 0.3) is 81.9 Å². The number of benzene rings is 10. The number of aromatic nitrogens is 1. The van der Waals surface area contributed by atoms with E-state index < -0.39 is 6.04 Å². The van der Waals surface area contributed by atoms with Crippen LogP contribution in [0.4, 0.5) is 34.1 Å². The first-order valence-corrected chi connectivity index (χ1v) is 35.7. The Morgan fingerprint density at radius 3 is 1.32 bits per heavy atom. The molecule has 0 aliphatic heterocycles. The molecule has 0 spiro atoms. The van der Waals surface area contributed by atoms with Crippen molar-refractivity contribution in [3.8, 4) is 11.1 Å². The fraction of sp³-hybridized carbons (Fsp3) is 0.370. The van der Waals surface area contributed by atoms with Crippen LogP contribution in [0.3, 0.4) is 0 Å². The Balaban J connectivity index is 0.896. The average Bonchev–Trinajstić information content (AvgIpc) is 1.54. The number of rotatable bonds is 7. The molecule has 17 rings (SSSR count). The third-order valence-corrected chi connectivity index (χ3v) is 25.2. The highest BCUT2D eigenvalue weighted by molar-refractivity contribution is 6.29. The van der Waals surface area contributed by atoms with Crippen molar-refractivity contribution in [3.05, 3.63) is 219 Å². The number of hydrogen-bond acceptors (Lipinski definition) is 3. The molecule has 0 atom stereocenters. The quantitative estimate of drug-likeness (QED) is 0.159. The van der Waals surface area contributed by atoms with E-state index >= 15 is 0 Å². The van der Waals surface area contributed by atoms with E-state index in [2.05, 4.69) is 266 Å². The van der Waals surface area contributed by atoms with Gasteiger partial charge in [-0.1, -0.05) is 177 Å². The molecule has 486 valence electrons. The van der Waals surface area contributed by atoms with Crippen LogP contribution in [0.15, 0.2) is 168 Å². The summed E-state index contributed by atoms with van der Waals surface area (Å²) >= 11 is 0. The molecule has 96 heavy (non-hydrogen) atoms. The van der Waals surface area contributed by atoms with Crippen LogP contribution in [-0.4, -0.2) is 4.40 Å². The molecule has 3 heterocycles. The molecule has 0 N–H and O–H groups in total. The highest BCUT2D eigenvalue weighted by Crippen LogP contribution is 2.57. The molecule has 10 aromatic carbocycles. The molecule has 4 aliphatic carbocycles. The van der Waals surface area contributed by atoms with E-state index in [1.165, 1.54) is 61.3 Å². The summed E-state index contributed by atoms with van der Waals surface area (Å²) in [4.78, 5) is 5.05. The Kier molecular flexibility index (Phi) is 11.7. The zero-order valence-corrected chi connectivity index (χ0v) is 60.1. The molecule has 4 nitrogen and oxygen atoms in total. The number of hydrogen-bond donors (Lipinski definition) is 0. The van der Waals surface area contributed by atoms with Crippen molar-refractivity contribution in [2.75, 3.05) is 9.80 Å². The molecule has 0 radical (unpaired) electrons. The van der Waals surface area contributed by atoms with Crippen LogP contribution in [0.2, 0.25) is 0 Å². The highest BCUT2D eigenvalue weighted by Gasteiger charge is 2.43. The van der Waals surface area contributed by atoms with E-state index in [1.54, 1.807) is 0 Å². The zero-order chi connectivity index (χ0) is 71.4. The Labute approximate surface area is 577 Å². The van der Waals surface area contributed by atoms with E-state index in [0.717, 1.165) is 151 Å². The Hall–Kier alpha value is -8.34. The highest BCUT2D eigenvalue weighted by atomic mass is 16.3. The Bertz CT molecular complexity index is 5760. The van der Waals surface area contributed by atoms with Crippen molar-refractivity contribution in [2.24, 2.45) is 0 Å². The molecule has 0 unspecified atom stereocenters. The second-order valence-electron chi connectivity index (χ2n) is 35.3. The van der Waals surface area contributed by atoms with Gasteiger partial charge in [0.1, 0.15) is 11.2 Å². The molecule has 4 heteroatoms. The number of fused-ring (bicyclic) bond motifs is 14. The summed E-state index contributed by atoms with van der Waals surface area (Å²) in [5.74, 6) is 0. The van der Waals surface area contributed by atoms with Crippen LogP contribution in [0.5, 0.6) is 0 Å². The third-order valence-electron chi connectivity index (χ3n) is 25.2. The largest absolute Gasteiger partial charge is 0.456 e. The van der Waals surface area contributed by atoms with Gasteiger partial charge >= 0.3 is 0 Å². The number of nitrogens with zero attached hydrogens (tertiary/aromatic N) is 3. The second kappa shape index (κ2) is 20.1. The molecule has 0 fully saturated rings. The first-order chi connectivity index (χ1) is 47.4. The Morgan fingerprint density at radius 1 is 0.333 bits per heavy atom. The summed E-state index contributed by atoms with van der Waals surface area (Å²) in [7, 11) is 0. The number of furan rings is 1. The smallest absolute Gasteiger partial charge is 0.137 e. The van der Waals surface area contributed by atoms with Gasteiger partial charge in [-0.25, -0.2) is 0 Å². The maximum absolute atomic E-state index is 9.31. The SMILES string of the molecule is [2H]c1c([2H])c([2H])c(-c2ccc3c(c2)c2c(N(c4ccc5c(c4)C(C)(C)CCC5(C)C)c4cc5c(cc4C)C(C)(C)CCC5(C)C)ccc4c5cc6cc7c(cc6cc5n3c42)oc2cc(N(c3ccc4c(c3)C(C)(C)CCC4(C)C)c3cc4c(cc3C)C(C)(C)CCC4(C)C)ccc27)c([2H])c1[2H]. The summed E-state index contributed by atoms with van der Waals surface area (Å²) in [6, 6.07) is 50.1. The van der Waals surface area contributed by atoms with Gasteiger partial charge in [0.25, 0.3) is 0 Å². The summed E-state index contributed by atoms with van der Waals surface area (Å²) in [6.45, 7) is 43.2. The molecule has 0 saturated carbocycles. The number of anilines is 6. The van der Waals surface area contributed by atoms with Crippen LogP contribution in [0.1, 0.15) is 225 Å².